The minimum Gasteiger partial charge on any atom is -0.493 e. The third-order valence-electron chi connectivity index (χ3n) is 4.00. The number of hydrogen-bond donors (Lipinski definition) is 2. The number of benzene rings is 2. The van der Waals surface area contributed by atoms with Crippen LogP contribution in [0.15, 0.2) is 60.8 Å². The summed E-state index contributed by atoms with van der Waals surface area (Å²) in [4.78, 5) is 23.0. The first-order chi connectivity index (χ1) is 13.1. The number of carbonyl (C=O) groups excluding carboxylic acids is 2. The van der Waals surface area contributed by atoms with Crippen LogP contribution >= 0.6 is 0 Å². The van der Waals surface area contributed by atoms with Crippen LogP contribution in [0.3, 0.4) is 0 Å². The fraction of sp³-hybridized carbons (Fsp3) is 0.143. The summed E-state index contributed by atoms with van der Waals surface area (Å²) < 4.78 is 11.5. The van der Waals surface area contributed by atoms with Crippen LogP contribution in [-0.2, 0) is 17.8 Å². The normalized spacial score (nSPS) is 14.6. The third kappa shape index (κ3) is 4.36. The largest absolute Gasteiger partial charge is 0.493 e. The topological polar surface area (TPSA) is 76.7 Å². The molecule has 1 fully saturated rings. The van der Waals surface area contributed by atoms with Crippen molar-refractivity contribution in [3.8, 4) is 11.5 Å². The fourth-order valence-corrected chi connectivity index (χ4v) is 2.77. The molecule has 3 rings (SSSR count). The highest BCUT2D eigenvalue weighted by molar-refractivity contribution is 6.14. The molecule has 0 saturated carbocycles. The van der Waals surface area contributed by atoms with E-state index in [1.165, 1.54) is 0 Å². The highest BCUT2D eigenvalue weighted by Crippen LogP contribution is 2.35. The second-order valence-corrected chi connectivity index (χ2v) is 5.94. The summed E-state index contributed by atoms with van der Waals surface area (Å²) in [6.07, 6.45) is 3.93. The van der Waals surface area contributed by atoms with Gasteiger partial charge in [-0.2, -0.15) is 0 Å². The molecule has 6 nitrogen and oxygen atoms in total. The van der Waals surface area contributed by atoms with Crippen molar-refractivity contribution in [3.05, 3.63) is 77.5 Å². The monoisotopic (exact) mass is 364 g/mol. The Balaban J connectivity index is 1.93. The van der Waals surface area contributed by atoms with Crippen molar-refractivity contribution >= 4 is 18.0 Å². The van der Waals surface area contributed by atoms with E-state index < -0.39 is 11.9 Å². The zero-order valence-corrected chi connectivity index (χ0v) is 15.0. The van der Waals surface area contributed by atoms with Gasteiger partial charge in [-0.1, -0.05) is 36.4 Å². The van der Waals surface area contributed by atoms with E-state index >= 15 is 0 Å². The molecule has 1 saturated heterocycles. The number of carbonyl (C=O) groups is 2. The Morgan fingerprint density at radius 2 is 1.89 bits per heavy atom. The molecule has 0 spiro atoms. The maximum atomic E-state index is 11.7. The summed E-state index contributed by atoms with van der Waals surface area (Å²) in [6, 6.07) is 12.9. The lowest BCUT2D eigenvalue weighted by molar-refractivity contribution is -0.115. The number of imide groups is 1. The van der Waals surface area contributed by atoms with Gasteiger partial charge in [-0.05, 0) is 35.8 Å². The second kappa shape index (κ2) is 8.23. The Morgan fingerprint density at radius 1 is 1.11 bits per heavy atom. The zero-order chi connectivity index (χ0) is 19.2. The zero-order valence-electron chi connectivity index (χ0n) is 15.0. The van der Waals surface area contributed by atoms with Crippen molar-refractivity contribution in [1.82, 2.24) is 10.6 Å². The smallest absolute Gasteiger partial charge is 0.326 e. The first-order valence-electron chi connectivity index (χ1n) is 8.43. The lowest BCUT2D eigenvalue weighted by Gasteiger charge is -2.16. The van der Waals surface area contributed by atoms with Crippen LogP contribution in [0.2, 0.25) is 0 Å². The number of hydrogen-bond acceptors (Lipinski definition) is 4. The highest BCUT2D eigenvalue weighted by atomic mass is 16.5. The molecule has 0 unspecified atom stereocenters. The third-order valence-corrected chi connectivity index (χ3v) is 4.00. The van der Waals surface area contributed by atoms with Gasteiger partial charge in [-0.25, -0.2) is 4.79 Å². The maximum Gasteiger partial charge on any atom is 0.326 e. The average Bonchev–Trinajstić information content (AvgIpc) is 2.98. The van der Waals surface area contributed by atoms with Gasteiger partial charge in [0.1, 0.15) is 12.3 Å². The van der Waals surface area contributed by atoms with Crippen LogP contribution in [0.25, 0.3) is 6.08 Å². The van der Waals surface area contributed by atoms with Crippen molar-refractivity contribution in [2.24, 2.45) is 0 Å². The van der Waals surface area contributed by atoms with Gasteiger partial charge in [0.15, 0.2) is 11.5 Å². The van der Waals surface area contributed by atoms with Crippen LogP contribution in [-0.4, -0.2) is 19.0 Å². The Labute approximate surface area is 157 Å². The maximum absolute atomic E-state index is 11.7. The van der Waals surface area contributed by atoms with Crippen LogP contribution in [0.1, 0.15) is 16.7 Å². The standard InChI is InChI=1S/C21H20N2O4/c1-3-7-16-10-15(11-17-20(24)23-21(25)22-17)12-18(26-2)19(16)27-13-14-8-5-4-6-9-14/h3-6,8-12H,1,7,13H2,2H3,(H2,22,23,24,25). The van der Waals surface area contributed by atoms with Crippen molar-refractivity contribution in [3.63, 3.8) is 0 Å². The molecular weight excluding hydrogens is 344 g/mol. The van der Waals surface area contributed by atoms with Crippen molar-refractivity contribution in [2.75, 3.05) is 7.11 Å². The molecule has 1 aliphatic heterocycles. The van der Waals surface area contributed by atoms with Gasteiger partial charge in [-0.15, -0.1) is 6.58 Å². The Kier molecular flexibility index (Phi) is 5.56. The molecule has 2 N–H and O–H groups in total. The van der Waals surface area contributed by atoms with E-state index in [4.69, 9.17) is 9.47 Å². The number of nitrogens with one attached hydrogen (secondary N) is 2. The van der Waals surface area contributed by atoms with Crippen LogP contribution < -0.4 is 20.1 Å². The number of methoxy groups -OCH3 is 1. The van der Waals surface area contributed by atoms with Crippen LogP contribution in [0.4, 0.5) is 4.79 Å². The quantitative estimate of drug-likeness (QED) is 0.449. The Hall–Kier alpha value is -3.54. The lowest BCUT2D eigenvalue weighted by Crippen LogP contribution is -2.22. The molecule has 6 heteroatoms. The number of amides is 3. The SMILES string of the molecule is C=CCc1cc(C=C2NC(=O)NC2=O)cc(OC)c1OCc1ccccc1. The van der Waals surface area contributed by atoms with E-state index in [1.54, 1.807) is 25.3 Å². The molecule has 3 amide bonds. The van der Waals surface area contributed by atoms with Gasteiger partial charge in [-0.3, -0.25) is 10.1 Å². The molecular formula is C21H20N2O4. The van der Waals surface area contributed by atoms with Gasteiger partial charge in [0.05, 0.1) is 7.11 Å². The molecule has 1 aliphatic rings. The number of urea groups is 1. The molecule has 2 aromatic carbocycles. The van der Waals surface area contributed by atoms with E-state index in [9.17, 15) is 9.59 Å². The van der Waals surface area contributed by atoms with Crippen LogP contribution in [0.5, 0.6) is 11.5 Å². The van der Waals surface area contributed by atoms with Crippen LogP contribution in [0, 0.1) is 0 Å². The highest BCUT2D eigenvalue weighted by Gasteiger charge is 2.23. The molecule has 0 aromatic heterocycles. The van der Waals surface area contributed by atoms with Crippen molar-refractivity contribution in [2.45, 2.75) is 13.0 Å². The first-order valence-corrected chi connectivity index (χ1v) is 8.43. The lowest BCUT2D eigenvalue weighted by atomic mass is 10.0. The van der Waals surface area contributed by atoms with Gasteiger partial charge in [0.25, 0.3) is 5.91 Å². The summed E-state index contributed by atoms with van der Waals surface area (Å²) >= 11 is 0. The summed E-state index contributed by atoms with van der Waals surface area (Å²) in [6.45, 7) is 4.20. The predicted molar refractivity (Wildman–Crippen MR) is 102 cm³/mol. The average molecular weight is 364 g/mol. The second-order valence-electron chi connectivity index (χ2n) is 5.94. The van der Waals surface area contributed by atoms with E-state index in [2.05, 4.69) is 17.2 Å². The predicted octanol–water partition coefficient (Wildman–Crippen LogP) is 3.18. The Bertz CT molecular complexity index is 904. The Morgan fingerprint density at radius 3 is 2.52 bits per heavy atom. The number of ether oxygens (including phenoxy) is 2. The molecule has 0 aliphatic carbocycles. The van der Waals surface area contributed by atoms with Gasteiger partial charge in [0.2, 0.25) is 0 Å². The van der Waals surface area contributed by atoms with E-state index in [0.29, 0.717) is 30.1 Å². The number of rotatable bonds is 7. The molecule has 0 atom stereocenters. The molecule has 2 aromatic rings. The summed E-state index contributed by atoms with van der Waals surface area (Å²) in [5.74, 6) is 0.707. The summed E-state index contributed by atoms with van der Waals surface area (Å²) in [5, 5.41) is 4.65. The van der Waals surface area contributed by atoms with Gasteiger partial charge >= 0.3 is 6.03 Å². The van der Waals surface area contributed by atoms with Crippen molar-refractivity contribution in [1.29, 1.82) is 0 Å². The minimum absolute atomic E-state index is 0.185. The molecule has 138 valence electrons. The van der Waals surface area contributed by atoms with Gasteiger partial charge < -0.3 is 14.8 Å². The minimum atomic E-state index is -0.535. The first kappa shape index (κ1) is 18.3. The molecule has 1 heterocycles. The van der Waals surface area contributed by atoms with E-state index in [0.717, 1.165) is 11.1 Å². The molecule has 27 heavy (non-hydrogen) atoms. The number of allylic oxidation sites excluding steroid dienone is 1. The van der Waals surface area contributed by atoms with E-state index in [-0.39, 0.29) is 5.70 Å². The summed E-state index contributed by atoms with van der Waals surface area (Å²) in [5.41, 5.74) is 2.81. The molecule has 0 bridgehead atoms. The molecule has 0 radical (unpaired) electrons. The van der Waals surface area contributed by atoms with Crippen molar-refractivity contribution < 1.29 is 19.1 Å². The fourth-order valence-electron chi connectivity index (χ4n) is 2.77. The summed E-state index contributed by atoms with van der Waals surface area (Å²) in [7, 11) is 1.56. The van der Waals surface area contributed by atoms with E-state index in [1.807, 2.05) is 36.4 Å². The van der Waals surface area contributed by atoms with Gasteiger partial charge in [0, 0.05) is 5.56 Å².